The lowest BCUT2D eigenvalue weighted by Gasteiger charge is -2.39. The molecule has 15 nitrogen and oxygen atoms in total. The summed E-state index contributed by atoms with van der Waals surface area (Å²) in [7, 11) is 5.54. The molecule has 0 aliphatic carbocycles. The molecule has 66 heavy (non-hydrogen) atoms. The average molecular weight is 909 g/mol. The van der Waals surface area contributed by atoms with Gasteiger partial charge in [0.1, 0.15) is 12.1 Å². The number of nitrogens with one attached hydrogen (secondary N) is 3. The Hall–Kier alpha value is -4.85. The van der Waals surface area contributed by atoms with Gasteiger partial charge in [-0.15, -0.1) is 0 Å². The van der Waals surface area contributed by atoms with Crippen LogP contribution in [-0.2, 0) is 39.8 Å². The number of hydrogen-bond acceptors (Lipinski definition) is 11. The lowest BCUT2D eigenvalue weighted by Crippen LogP contribution is -2.62. The number of piperidine rings is 1. The third-order valence-electron chi connectivity index (χ3n) is 14.2. The summed E-state index contributed by atoms with van der Waals surface area (Å²) in [6.45, 7) is 17.4. The molecule has 3 unspecified atom stereocenters. The molecule has 4 aliphatic heterocycles. The van der Waals surface area contributed by atoms with Gasteiger partial charge in [-0.1, -0.05) is 39.7 Å². The first-order valence-corrected chi connectivity index (χ1v) is 23.8. The zero-order chi connectivity index (χ0) is 47.5. The van der Waals surface area contributed by atoms with Crippen molar-refractivity contribution in [1.29, 1.82) is 0 Å². The van der Waals surface area contributed by atoms with Gasteiger partial charge in [0.2, 0.25) is 5.91 Å². The number of aromatic nitrogens is 2. The van der Waals surface area contributed by atoms with E-state index in [-0.39, 0.29) is 55.0 Å². The van der Waals surface area contributed by atoms with Gasteiger partial charge in [-0.25, -0.2) is 5.43 Å². The number of rotatable bonds is 10. The van der Waals surface area contributed by atoms with Gasteiger partial charge in [0.15, 0.2) is 0 Å². The van der Waals surface area contributed by atoms with Crippen molar-refractivity contribution in [1.82, 2.24) is 40.4 Å². The van der Waals surface area contributed by atoms with E-state index >= 15 is 0 Å². The van der Waals surface area contributed by atoms with Gasteiger partial charge in [-0.05, 0) is 127 Å². The summed E-state index contributed by atoms with van der Waals surface area (Å²) in [5.74, 6) is 4.18. The van der Waals surface area contributed by atoms with Crippen LogP contribution in [0.4, 0.5) is 0 Å². The first-order valence-electron chi connectivity index (χ1n) is 23.8. The Morgan fingerprint density at radius 2 is 1.82 bits per heavy atom. The topological polar surface area (TPSA) is 162 Å². The van der Waals surface area contributed by atoms with E-state index in [1.165, 1.54) is 10.6 Å². The molecule has 358 valence electrons. The van der Waals surface area contributed by atoms with Crippen LogP contribution in [0.15, 0.2) is 36.5 Å². The normalized spacial score (nSPS) is 23.9. The predicted octanol–water partition coefficient (Wildman–Crippen LogP) is 5.07. The van der Waals surface area contributed by atoms with Crippen LogP contribution in [-0.4, -0.2) is 151 Å². The average Bonchev–Trinajstić information content (AvgIpc) is 3.63. The number of cyclic esters (lactones) is 1. The molecule has 3 N–H and O–H groups in total. The molecule has 7 rings (SSSR count). The van der Waals surface area contributed by atoms with E-state index in [0.29, 0.717) is 52.0 Å². The van der Waals surface area contributed by atoms with Crippen molar-refractivity contribution >= 4 is 34.6 Å². The van der Waals surface area contributed by atoms with Crippen molar-refractivity contribution in [3.63, 3.8) is 0 Å². The second kappa shape index (κ2) is 20.6. The molecule has 15 heteroatoms. The number of ether oxygens (including phenoxy) is 3. The van der Waals surface area contributed by atoms with Crippen LogP contribution in [0.25, 0.3) is 22.2 Å². The van der Waals surface area contributed by atoms with Crippen LogP contribution in [0.2, 0.25) is 0 Å². The Morgan fingerprint density at radius 1 is 1.06 bits per heavy atom. The summed E-state index contributed by atoms with van der Waals surface area (Å²) < 4.78 is 18.1. The summed E-state index contributed by atoms with van der Waals surface area (Å²) in [4.78, 5) is 70.0. The second-order valence-electron chi connectivity index (χ2n) is 20.7. The number of H-pyrrole nitrogens is 1. The molecule has 0 radical (unpaired) electrons. The zero-order valence-electron chi connectivity index (χ0n) is 40.8. The molecular formula is C51H72N8O7. The van der Waals surface area contributed by atoms with E-state index in [1.54, 1.807) is 18.2 Å². The minimum absolute atomic E-state index is 0.0889. The molecule has 6 bridgehead atoms. The van der Waals surface area contributed by atoms with Gasteiger partial charge in [-0.3, -0.25) is 34.1 Å². The van der Waals surface area contributed by atoms with E-state index in [2.05, 4.69) is 70.6 Å². The molecule has 4 aliphatic rings. The fourth-order valence-corrected chi connectivity index (χ4v) is 9.33. The Bertz CT molecular complexity index is 2310. The SMILES string of the molecule is CO[C@@H](C)c1ncccc1-c1[nH]c2ccc3cc2c1CC(C)(C)COC(=O)[C@@H]1CCCN(N1)C(=O)C(NC(=O)[C@@H](COC1CN(C(=O)C#CC(C)(C)N(C)C)C1)C(C)C)CN1CCCC3C1. The highest BCUT2D eigenvalue weighted by atomic mass is 16.5. The van der Waals surface area contributed by atoms with E-state index < -0.39 is 34.9 Å². The number of nitrogens with zero attached hydrogens (tertiary/aromatic N) is 5. The van der Waals surface area contributed by atoms with Crippen LogP contribution in [0.3, 0.4) is 0 Å². The number of aromatic amines is 1. The number of likely N-dealkylation sites (tertiary alicyclic amines) is 1. The number of esters is 1. The third kappa shape index (κ3) is 11.3. The lowest BCUT2D eigenvalue weighted by molar-refractivity contribution is -0.156. The molecule has 3 fully saturated rings. The maximum atomic E-state index is 14.6. The summed E-state index contributed by atoms with van der Waals surface area (Å²) in [6, 6.07) is 9.12. The summed E-state index contributed by atoms with van der Waals surface area (Å²) in [5.41, 5.74) is 8.47. The first-order chi connectivity index (χ1) is 31.3. The number of pyridine rings is 1. The minimum Gasteiger partial charge on any atom is -0.464 e. The van der Waals surface area contributed by atoms with E-state index in [0.717, 1.165) is 52.8 Å². The van der Waals surface area contributed by atoms with Crippen molar-refractivity contribution in [3.05, 3.63) is 53.3 Å². The summed E-state index contributed by atoms with van der Waals surface area (Å²) >= 11 is 0. The second-order valence-corrected chi connectivity index (χ2v) is 20.7. The lowest BCUT2D eigenvalue weighted by atomic mass is 9.83. The van der Waals surface area contributed by atoms with Crippen LogP contribution in [0.5, 0.6) is 0 Å². The molecule has 3 amide bonds. The molecule has 6 heterocycles. The fourth-order valence-electron chi connectivity index (χ4n) is 9.33. The van der Waals surface area contributed by atoms with Gasteiger partial charge in [0, 0.05) is 67.9 Å². The van der Waals surface area contributed by atoms with Gasteiger partial charge >= 0.3 is 5.97 Å². The number of amides is 3. The maximum Gasteiger partial charge on any atom is 0.324 e. The number of hydrazine groups is 1. The van der Waals surface area contributed by atoms with Gasteiger partial charge < -0.3 is 34.3 Å². The van der Waals surface area contributed by atoms with Crippen LogP contribution in [0.1, 0.15) is 103 Å². The van der Waals surface area contributed by atoms with Crippen molar-refractivity contribution in [2.24, 2.45) is 17.3 Å². The molecule has 1 aromatic carbocycles. The van der Waals surface area contributed by atoms with E-state index in [9.17, 15) is 19.2 Å². The van der Waals surface area contributed by atoms with Crippen LogP contribution < -0.4 is 10.7 Å². The molecule has 0 spiro atoms. The maximum absolute atomic E-state index is 14.6. The predicted molar refractivity (Wildman–Crippen MR) is 254 cm³/mol. The number of carbonyl (C=O) groups is 4. The van der Waals surface area contributed by atoms with Crippen LogP contribution >= 0.6 is 0 Å². The molecule has 3 saturated heterocycles. The number of fused-ring (bicyclic) bond motifs is 6. The number of methoxy groups -OCH3 is 1. The first kappa shape index (κ1) is 49.1. The Labute approximate surface area is 391 Å². The monoisotopic (exact) mass is 909 g/mol. The molecule has 3 aromatic rings. The van der Waals surface area contributed by atoms with Crippen molar-refractivity contribution in [3.8, 4) is 23.1 Å². The van der Waals surface area contributed by atoms with Crippen molar-refractivity contribution in [2.45, 2.75) is 116 Å². The largest absolute Gasteiger partial charge is 0.464 e. The smallest absolute Gasteiger partial charge is 0.324 e. The highest BCUT2D eigenvalue weighted by Crippen LogP contribution is 2.40. The molecular weight excluding hydrogens is 837 g/mol. The number of carbonyl (C=O) groups excluding carboxylic acids is 4. The minimum atomic E-state index is -0.885. The summed E-state index contributed by atoms with van der Waals surface area (Å²) in [6.07, 6.45) is 5.02. The van der Waals surface area contributed by atoms with Gasteiger partial charge in [0.25, 0.3) is 11.8 Å². The fraction of sp³-hybridized carbons (Fsp3) is 0.627. The van der Waals surface area contributed by atoms with Gasteiger partial charge in [-0.2, -0.15) is 0 Å². The van der Waals surface area contributed by atoms with Gasteiger partial charge in [0.05, 0.1) is 48.3 Å². The molecule has 0 saturated carbocycles. The Morgan fingerprint density at radius 3 is 2.55 bits per heavy atom. The van der Waals surface area contributed by atoms with Crippen molar-refractivity contribution in [2.75, 3.05) is 73.7 Å². The Kier molecular flexibility index (Phi) is 15.3. The number of hydrogen-bond donors (Lipinski definition) is 3. The molecule has 6 atom stereocenters. The third-order valence-corrected chi connectivity index (χ3v) is 14.2. The standard InChI is InChI=1S/C51H72N8O7/c1-32(2)40(30-65-36-27-58(28-36)44(60)19-20-51(6,7)56(8)9)47(61)54-43-29-57-22-12-14-35(26-57)34-17-18-41-38(24-34)39(46(53-41)37-15-11-21-52-45(37)33(3)64-10)25-50(4,5)31-66-49(63)42-16-13-23-59(55-42)48(43)62/h11,15,17-18,21,24,32-33,35-36,40,42-43,53,55H,12-14,16,22-23,25-31H2,1-10H3,(H,54,61)/t33-,35?,40-,42-,43?/m0/s1. The highest BCUT2D eigenvalue weighted by Gasteiger charge is 2.39. The van der Waals surface area contributed by atoms with E-state index in [1.807, 2.05) is 59.7 Å². The highest BCUT2D eigenvalue weighted by molar-refractivity contribution is 5.94. The quantitative estimate of drug-likeness (QED) is 0.184. The van der Waals surface area contributed by atoms with E-state index in [4.69, 9.17) is 19.2 Å². The van der Waals surface area contributed by atoms with Crippen molar-refractivity contribution < 1.29 is 33.4 Å². The Balaban J connectivity index is 1.13. The number of benzene rings is 1. The zero-order valence-corrected chi connectivity index (χ0v) is 40.8. The summed E-state index contributed by atoms with van der Waals surface area (Å²) in [5, 5.41) is 5.80. The molecule has 2 aromatic heterocycles. The van der Waals surface area contributed by atoms with Crippen LogP contribution in [0, 0.1) is 29.1 Å².